The summed E-state index contributed by atoms with van der Waals surface area (Å²) in [7, 11) is 0. The third-order valence-corrected chi connectivity index (χ3v) is 1.70. The monoisotopic (exact) mass is 177 g/mol. The van der Waals surface area contributed by atoms with Gasteiger partial charge in [0.2, 0.25) is 0 Å². The van der Waals surface area contributed by atoms with Crippen molar-refractivity contribution in [1.82, 2.24) is 0 Å². The molecule has 0 fully saturated rings. The van der Waals surface area contributed by atoms with Crippen LogP contribution in [0.1, 0.15) is 39.0 Å². The summed E-state index contributed by atoms with van der Waals surface area (Å²) in [4.78, 5) is 0. The molecule has 0 aliphatic heterocycles. The highest BCUT2D eigenvalue weighted by atomic mass is 13.8. The summed E-state index contributed by atoms with van der Waals surface area (Å²) < 4.78 is 0. The van der Waals surface area contributed by atoms with Crippen molar-refractivity contribution in [1.29, 1.82) is 0 Å². The van der Waals surface area contributed by atoms with Crippen LogP contribution in [0.5, 0.6) is 0 Å². The normalized spacial score (nSPS) is 12.5. The number of hydrogen-bond donors (Lipinski definition) is 0. The lowest BCUT2D eigenvalue weighted by Gasteiger charge is -1.85. The van der Waals surface area contributed by atoms with Gasteiger partial charge in [-0.3, -0.25) is 0 Å². The fraction of sp³-hybridized carbons (Fsp3) is 0.462. The van der Waals surface area contributed by atoms with Crippen LogP contribution in [0.2, 0.25) is 0 Å². The lowest BCUT2D eigenvalue weighted by atomic mass is 10.2. The zero-order valence-corrected chi connectivity index (χ0v) is 8.71. The van der Waals surface area contributed by atoms with E-state index in [1.165, 1.54) is 19.3 Å². The first kappa shape index (κ1) is 12.2. The predicted molar refractivity (Wildman–Crippen MR) is 61.5 cm³/mol. The van der Waals surface area contributed by atoms with E-state index in [0.717, 1.165) is 12.8 Å². The Morgan fingerprint density at radius 3 is 2.08 bits per heavy atom. The van der Waals surface area contributed by atoms with Crippen molar-refractivity contribution >= 4 is 0 Å². The lowest BCUT2D eigenvalue weighted by Crippen LogP contribution is -1.64. The fourth-order valence-electron chi connectivity index (χ4n) is 0.918. The maximum Gasteiger partial charge on any atom is -0.0348 e. The van der Waals surface area contributed by atoms with Gasteiger partial charge in [-0.1, -0.05) is 63.1 Å². The van der Waals surface area contributed by atoms with Gasteiger partial charge < -0.3 is 0 Å². The second kappa shape index (κ2) is 11.2. The molecule has 73 valence electrons. The first-order valence-electron chi connectivity index (χ1n) is 5.19. The lowest BCUT2D eigenvalue weighted by molar-refractivity contribution is 0.815. The van der Waals surface area contributed by atoms with Gasteiger partial charge in [-0.2, -0.15) is 0 Å². The van der Waals surface area contributed by atoms with E-state index in [1.54, 1.807) is 0 Å². The summed E-state index contributed by atoms with van der Waals surface area (Å²) in [5.41, 5.74) is 0. The number of rotatable bonds is 7. The molecule has 0 heteroatoms. The summed E-state index contributed by atoms with van der Waals surface area (Å²) in [5.74, 6) is 0. The zero-order valence-electron chi connectivity index (χ0n) is 8.71. The Hall–Kier alpha value is -0.780. The fourth-order valence-corrected chi connectivity index (χ4v) is 0.918. The van der Waals surface area contributed by atoms with Crippen molar-refractivity contribution in [2.45, 2.75) is 39.0 Å². The minimum atomic E-state index is 0.983. The van der Waals surface area contributed by atoms with Gasteiger partial charge in [0.15, 0.2) is 0 Å². The molecule has 0 aromatic rings. The zero-order chi connectivity index (χ0) is 9.78. The highest BCUT2D eigenvalue weighted by Crippen LogP contribution is 1.95. The molecule has 0 aromatic carbocycles. The second-order valence-electron chi connectivity index (χ2n) is 3.03. The van der Waals surface area contributed by atoms with Gasteiger partial charge in [0.25, 0.3) is 0 Å². The van der Waals surface area contributed by atoms with Gasteiger partial charge in [0.05, 0.1) is 0 Å². The molecule has 0 heterocycles. The summed E-state index contributed by atoms with van der Waals surface area (Å²) >= 11 is 0. The Balaban J connectivity index is 3.34. The van der Waals surface area contributed by atoms with Gasteiger partial charge in [0, 0.05) is 0 Å². The smallest absolute Gasteiger partial charge is 0.0348 e. The van der Waals surface area contributed by atoms with Gasteiger partial charge in [0.1, 0.15) is 0 Å². The van der Waals surface area contributed by atoms with E-state index in [9.17, 15) is 0 Å². The van der Waals surface area contributed by atoms with Gasteiger partial charge in [-0.05, 0) is 19.3 Å². The minimum absolute atomic E-state index is 0.983. The van der Waals surface area contributed by atoms with E-state index >= 15 is 0 Å². The molecule has 0 unspecified atom stereocenters. The molecule has 13 heavy (non-hydrogen) atoms. The molecular formula is C13H21. The topological polar surface area (TPSA) is 0 Å². The van der Waals surface area contributed by atoms with Crippen molar-refractivity contribution in [3.8, 4) is 0 Å². The van der Waals surface area contributed by atoms with Gasteiger partial charge >= 0.3 is 0 Å². The van der Waals surface area contributed by atoms with Crippen LogP contribution in [0.25, 0.3) is 0 Å². The van der Waals surface area contributed by atoms with Gasteiger partial charge in [-0.25, -0.2) is 0 Å². The molecule has 0 atom stereocenters. The first-order chi connectivity index (χ1) is 6.41. The standard InChI is InChI=1S/C13H21/c1-3-5-7-9-11-13-12-10-8-6-4-2/h7,9-13H,1,3-6,8H2,2H3/b9-7+,12-10+,13-11+. The summed E-state index contributed by atoms with van der Waals surface area (Å²) in [6.45, 7) is 5.98. The molecule has 0 aliphatic carbocycles. The molecule has 0 nitrogen and oxygen atoms in total. The van der Waals surface area contributed by atoms with Crippen LogP contribution < -0.4 is 0 Å². The maximum absolute atomic E-state index is 3.76. The summed E-state index contributed by atoms with van der Waals surface area (Å²) in [6.07, 6.45) is 18.5. The maximum atomic E-state index is 3.76. The minimum Gasteiger partial charge on any atom is -0.0845 e. The molecule has 0 saturated heterocycles. The van der Waals surface area contributed by atoms with E-state index in [2.05, 4.69) is 50.3 Å². The van der Waals surface area contributed by atoms with Crippen LogP contribution in [0.4, 0.5) is 0 Å². The van der Waals surface area contributed by atoms with Crippen LogP contribution in [-0.2, 0) is 0 Å². The molecule has 0 aromatic heterocycles. The van der Waals surface area contributed by atoms with E-state index in [-0.39, 0.29) is 0 Å². The Morgan fingerprint density at radius 1 is 0.923 bits per heavy atom. The average Bonchev–Trinajstić information content (AvgIpc) is 2.16. The number of unbranched alkanes of at least 4 members (excludes halogenated alkanes) is 3. The molecule has 0 N–H and O–H groups in total. The van der Waals surface area contributed by atoms with E-state index < -0.39 is 0 Å². The summed E-state index contributed by atoms with van der Waals surface area (Å²) in [5, 5.41) is 0. The molecule has 0 spiro atoms. The van der Waals surface area contributed by atoms with Crippen molar-refractivity contribution in [3.63, 3.8) is 0 Å². The molecular weight excluding hydrogens is 156 g/mol. The molecule has 0 rings (SSSR count). The molecule has 0 aliphatic rings. The van der Waals surface area contributed by atoms with Crippen LogP contribution in [0.3, 0.4) is 0 Å². The van der Waals surface area contributed by atoms with Gasteiger partial charge in [-0.15, -0.1) is 0 Å². The molecule has 0 amide bonds. The van der Waals surface area contributed by atoms with Crippen molar-refractivity contribution in [2.75, 3.05) is 0 Å². The Bertz CT molecular complexity index is 161. The van der Waals surface area contributed by atoms with Crippen LogP contribution in [0, 0.1) is 6.92 Å². The van der Waals surface area contributed by atoms with E-state index in [0.29, 0.717) is 0 Å². The number of hydrogen-bond acceptors (Lipinski definition) is 0. The molecule has 0 saturated carbocycles. The second-order valence-corrected chi connectivity index (χ2v) is 3.03. The highest BCUT2D eigenvalue weighted by molar-refractivity contribution is 5.10. The van der Waals surface area contributed by atoms with E-state index in [1.807, 2.05) is 0 Å². The number of allylic oxidation sites excluding steroid dienone is 6. The first-order valence-corrected chi connectivity index (χ1v) is 5.19. The Kier molecular flexibility index (Phi) is 10.5. The molecule has 0 bridgehead atoms. The van der Waals surface area contributed by atoms with Crippen molar-refractivity contribution in [2.24, 2.45) is 0 Å². The van der Waals surface area contributed by atoms with E-state index in [4.69, 9.17) is 0 Å². The Morgan fingerprint density at radius 2 is 1.54 bits per heavy atom. The third-order valence-electron chi connectivity index (χ3n) is 1.70. The average molecular weight is 177 g/mol. The largest absolute Gasteiger partial charge is 0.0845 e. The van der Waals surface area contributed by atoms with Crippen molar-refractivity contribution < 1.29 is 0 Å². The van der Waals surface area contributed by atoms with Crippen LogP contribution in [0.15, 0.2) is 36.5 Å². The third kappa shape index (κ3) is 11.2. The Labute approximate surface area is 83.0 Å². The van der Waals surface area contributed by atoms with Crippen LogP contribution >= 0.6 is 0 Å². The summed E-state index contributed by atoms with van der Waals surface area (Å²) in [6, 6.07) is 0. The van der Waals surface area contributed by atoms with Crippen LogP contribution in [-0.4, -0.2) is 0 Å². The highest BCUT2D eigenvalue weighted by Gasteiger charge is 1.74. The SMILES string of the molecule is [CH2]CC/C=C/C=C/C=C/CCCC. The van der Waals surface area contributed by atoms with Crippen molar-refractivity contribution in [3.05, 3.63) is 43.4 Å². The molecule has 1 radical (unpaired) electrons. The quantitative estimate of drug-likeness (QED) is 0.398. The predicted octanol–water partition coefficient (Wildman–Crippen LogP) is 4.46.